The van der Waals surface area contributed by atoms with Crippen LogP contribution in [0.2, 0.25) is 5.15 Å². The van der Waals surface area contributed by atoms with E-state index in [1.165, 1.54) is 18.3 Å². The van der Waals surface area contributed by atoms with E-state index in [2.05, 4.69) is 15.3 Å². The molecule has 1 amide bonds. The SMILES string of the molecule is CCC(OC(=O)c1ccnc(Cl)c1)C(=O)Nc1ccccn1. The molecule has 0 aliphatic rings. The van der Waals surface area contributed by atoms with Crippen LogP contribution in [0.5, 0.6) is 0 Å². The number of ether oxygens (including phenoxy) is 1. The molecule has 2 aromatic rings. The van der Waals surface area contributed by atoms with E-state index in [1.54, 1.807) is 31.3 Å². The number of anilines is 1. The average molecular weight is 320 g/mol. The Morgan fingerprint density at radius 2 is 2.09 bits per heavy atom. The number of halogens is 1. The van der Waals surface area contributed by atoms with Gasteiger partial charge in [-0.3, -0.25) is 4.79 Å². The van der Waals surface area contributed by atoms with Crippen LogP contribution < -0.4 is 5.32 Å². The molecule has 0 aliphatic heterocycles. The zero-order valence-electron chi connectivity index (χ0n) is 11.8. The van der Waals surface area contributed by atoms with Crippen molar-refractivity contribution in [1.82, 2.24) is 9.97 Å². The molecule has 22 heavy (non-hydrogen) atoms. The van der Waals surface area contributed by atoms with Crippen molar-refractivity contribution in [3.63, 3.8) is 0 Å². The highest BCUT2D eigenvalue weighted by Gasteiger charge is 2.22. The van der Waals surface area contributed by atoms with Crippen molar-refractivity contribution in [2.75, 3.05) is 5.32 Å². The number of amides is 1. The summed E-state index contributed by atoms with van der Waals surface area (Å²) in [5, 5.41) is 2.78. The molecule has 2 heterocycles. The third kappa shape index (κ3) is 4.26. The second-order valence-corrected chi connectivity index (χ2v) is 4.76. The van der Waals surface area contributed by atoms with Crippen molar-refractivity contribution in [3.05, 3.63) is 53.4 Å². The Bertz CT molecular complexity index is 664. The Balaban J connectivity index is 2.02. The lowest BCUT2D eigenvalue weighted by Crippen LogP contribution is -2.32. The van der Waals surface area contributed by atoms with Crippen LogP contribution in [0.25, 0.3) is 0 Å². The molecule has 0 saturated carbocycles. The Labute approximate surface area is 132 Å². The molecule has 0 fully saturated rings. The zero-order chi connectivity index (χ0) is 15.9. The maximum atomic E-state index is 12.1. The maximum absolute atomic E-state index is 12.1. The minimum absolute atomic E-state index is 0.181. The minimum Gasteiger partial charge on any atom is -0.449 e. The summed E-state index contributed by atoms with van der Waals surface area (Å²) in [4.78, 5) is 31.9. The van der Waals surface area contributed by atoms with Gasteiger partial charge in [0.15, 0.2) is 6.10 Å². The van der Waals surface area contributed by atoms with Crippen molar-refractivity contribution >= 4 is 29.3 Å². The largest absolute Gasteiger partial charge is 0.449 e. The van der Waals surface area contributed by atoms with Gasteiger partial charge in [-0.2, -0.15) is 0 Å². The number of aromatic nitrogens is 2. The van der Waals surface area contributed by atoms with Crippen LogP contribution in [0.15, 0.2) is 42.7 Å². The number of hydrogen-bond acceptors (Lipinski definition) is 5. The van der Waals surface area contributed by atoms with Gasteiger partial charge in [0.05, 0.1) is 5.56 Å². The number of nitrogens with zero attached hydrogens (tertiary/aromatic N) is 2. The van der Waals surface area contributed by atoms with Crippen LogP contribution in [0.1, 0.15) is 23.7 Å². The summed E-state index contributed by atoms with van der Waals surface area (Å²) in [6.45, 7) is 1.75. The first-order chi connectivity index (χ1) is 10.6. The summed E-state index contributed by atoms with van der Waals surface area (Å²) in [5.41, 5.74) is 0.240. The Morgan fingerprint density at radius 3 is 2.73 bits per heavy atom. The van der Waals surface area contributed by atoms with Crippen molar-refractivity contribution in [3.8, 4) is 0 Å². The fourth-order valence-electron chi connectivity index (χ4n) is 1.69. The molecule has 6 nitrogen and oxygen atoms in total. The molecule has 0 saturated heterocycles. The third-order valence-corrected chi connectivity index (χ3v) is 3.00. The number of carbonyl (C=O) groups excluding carboxylic acids is 2. The fourth-order valence-corrected chi connectivity index (χ4v) is 1.87. The normalized spacial score (nSPS) is 11.5. The molecule has 0 bridgehead atoms. The van der Waals surface area contributed by atoms with E-state index >= 15 is 0 Å². The van der Waals surface area contributed by atoms with Gasteiger partial charge >= 0.3 is 5.97 Å². The molecule has 2 aromatic heterocycles. The molecule has 7 heteroatoms. The highest BCUT2D eigenvalue weighted by Crippen LogP contribution is 2.12. The van der Waals surface area contributed by atoms with Gasteiger partial charge in [0, 0.05) is 12.4 Å². The molecule has 2 rings (SSSR count). The topological polar surface area (TPSA) is 81.2 Å². The van der Waals surface area contributed by atoms with Crippen molar-refractivity contribution < 1.29 is 14.3 Å². The van der Waals surface area contributed by atoms with E-state index in [9.17, 15) is 9.59 Å². The van der Waals surface area contributed by atoms with E-state index in [-0.39, 0.29) is 10.7 Å². The number of pyridine rings is 2. The molecule has 0 spiro atoms. The third-order valence-electron chi connectivity index (χ3n) is 2.79. The summed E-state index contributed by atoms with van der Waals surface area (Å²) < 4.78 is 5.21. The van der Waals surface area contributed by atoms with Crippen LogP contribution >= 0.6 is 11.6 Å². The lowest BCUT2D eigenvalue weighted by Gasteiger charge is -2.15. The van der Waals surface area contributed by atoms with Crippen LogP contribution in [0, 0.1) is 0 Å². The van der Waals surface area contributed by atoms with Crippen LogP contribution in [-0.4, -0.2) is 27.9 Å². The zero-order valence-corrected chi connectivity index (χ0v) is 12.6. The monoisotopic (exact) mass is 319 g/mol. The molecule has 1 atom stereocenters. The molecule has 114 valence electrons. The van der Waals surface area contributed by atoms with Gasteiger partial charge in [0.2, 0.25) is 0 Å². The van der Waals surface area contributed by atoms with Crippen molar-refractivity contribution in [2.45, 2.75) is 19.4 Å². The van der Waals surface area contributed by atoms with Gasteiger partial charge < -0.3 is 10.1 Å². The summed E-state index contributed by atoms with van der Waals surface area (Å²) in [5.74, 6) is -0.670. The summed E-state index contributed by atoms with van der Waals surface area (Å²) in [7, 11) is 0. The highest BCUT2D eigenvalue weighted by atomic mass is 35.5. The summed E-state index contributed by atoms with van der Waals surface area (Å²) >= 11 is 5.72. The van der Waals surface area contributed by atoms with Crippen LogP contribution in [0.4, 0.5) is 5.82 Å². The first-order valence-electron chi connectivity index (χ1n) is 6.64. The van der Waals surface area contributed by atoms with Gasteiger partial charge in [0.1, 0.15) is 11.0 Å². The fraction of sp³-hybridized carbons (Fsp3) is 0.200. The smallest absolute Gasteiger partial charge is 0.339 e. The van der Waals surface area contributed by atoms with Gasteiger partial charge in [-0.1, -0.05) is 24.6 Å². The standard InChI is InChI=1S/C15H14ClN3O3/c1-2-11(14(20)19-13-5-3-4-7-18-13)22-15(21)10-6-8-17-12(16)9-10/h3-9,11H,2H2,1H3,(H,18,19,20). The van der Waals surface area contributed by atoms with Crippen molar-refractivity contribution in [2.24, 2.45) is 0 Å². The van der Waals surface area contributed by atoms with Gasteiger partial charge in [0.25, 0.3) is 5.91 Å². The Morgan fingerprint density at radius 1 is 1.27 bits per heavy atom. The van der Waals surface area contributed by atoms with Gasteiger partial charge in [-0.15, -0.1) is 0 Å². The average Bonchev–Trinajstić information content (AvgIpc) is 2.53. The first-order valence-corrected chi connectivity index (χ1v) is 7.02. The van der Waals surface area contributed by atoms with Crippen LogP contribution in [0.3, 0.4) is 0 Å². The lowest BCUT2D eigenvalue weighted by atomic mass is 10.2. The number of hydrogen-bond donors (Lipinski definition) is 1. The number of esters is 1. The van der Waals surface area contributed by atoms with E-state index in [0.717, 1.165) is 0 Å². The van der Waals surface area contributed by atoms with E-state index < -0.39 is 18.0 Å². The summed E-state index contributed by atoms with van der Waals surface area (Å²) in [6.07, 6.45) is 2.37. The van der Waals surface area contributed by atoms with Crippen LogP contribution in [-0.2, 0) is 9.53 Å². The minimum atomic E-state index is -0.915. The number of nitrogens with one attached hydrogen (secondary N) is 1. The van der Waals surface area contributed by atoms with E-state index in [4.69, 9.17) is 16.3 Å². The van der Waals surface area contributed by atoms with Crippen molar-refractivity contribution in [1.29, 1.82) is 0 Å². The molecule has 0 aliphatic carbocycles. The number of rotatable bonds is 5. The first kappa shape index (κ1) is 15.9. The molecule has 1 unspecified atom stereocenters. The number of carbonyl (C=O) groups is 2. The Hall–Kier alpha value is -2.47. The predicted octanol–water partition coefficient (Wildman–Crippen LogP) is 2.70. The molecular formula is C15H14ClN3O3. The maximum Gasteiger partial charge on any atom is 0.339 e. The molecular weight excluding hydrogens is 306 g/mol. The lowest BCUT2D eigenvalue weighted by molar-refractivity contribution is -0.124. The highest BCUT2D eigenvalue weighted by molar-refractivity contribution is 6.29. The molecule has 1 N–H and O–H groups in total. The van der Waals surface area contributed by atoms with E-state index in [0.29, 0.717) is 12.2 Å². The quantitative estimate of drug-likeness (QED) is 0.677. The predicted molar refractivity (Wildman–Crippen MR) is 81.6 cm³/mol. The Kier molecular flexibility index (Phi) is 5.43. The molecule has 0 aromatic carbocycles. The van der Waals surface area contributed by atoms with Gasteiger partial charge in [-0.25, -0.2) is 14.8 Å². The van der Waals surface area contributed by atoms with Gasteiger partial charge in [-0.05, 0) is 30.7 Å². The second-order valence-electron chi connectivity index (χ2n) is 4.37. The molecule has 0 radical (unpaired) electrons. The summed E-state index contributed by atoms with van der Waals surface area (Å²) in [6, 6.07) is 7.98. The van der Waals surface area contributed by atoms with E-state index in [1.807, 2.05) is 0 Å². The second kappa shape index (κ2) is 7.51.